The average molecular weight is 365 g/mol. The van der Waals surface area contributed by atoms with Gasteiger partial charge in [0.25, 0.3) is 11.8 Å². The Morgan fingerprint density at radius 1 is 1.21 bits per heavy atom. The molecule has 7 heteroatoms. The number of amides is 2. The minimum Gasteiger partial charge on any atom is -0.482 e. The lowest BCUT2D eigenvalue weighted by molar-refractivity contribution is -0.121. The minimum atomic E-state index is -0.320. The van der Waals surface area contributed by atoms with E-state index in [1.54, 1.807) is 35.2 Å². The van der Waals surface area contributed by atoms with Gasteiger partial charge in [0.15, 0.2) is 6.61 Å². The van der Waals surface area contributed by atoms with Crippen molar-refractivity contribution in [3.63, 3.8) is 0 Å². The molecule has 2 aromatic rings. The molecular weight excluding hydrogens is 351 g/mol. The summed E-state index contributed by atoms with van der Waals surface area (Å²) in [4.78, 5) is 25.9. The molecule has 2 amide bonds. The van der Waals surface area contributed by atoms with Crippen molar-refractivity contribution in [3.05, 3.63) is 52.0 Å². The van der Waals surface area contributed by atoms with Gasteiger partial charge in [-0.3, -0.25) is 9.59 Å². The monoisotopic (exact) mass is 364 g/mol. The van der Waals surface area contributed by atoms with Gasteiger partial charge in [0.05, 0.1) is 15.7 Å². The molecule has 1 N–H and O–H groups in total. The van der Waals surface area contributed by atoms with Crippen LogP contribution in [0.1, 0.15) is 17.3 Å². The summed E-state index contributed by atoms with van der Waals surface area (Å²) in [6.07, 6.45) is 0. The number of halogens is 2. The summed E-state index contributed by atoms with van der Waals surface area (Å²) in [7, 11) is 0. The van der Waals surface area contributed by atoms with Crippen LogP contribution >= 0.6 is 23.2 Å². The van der Waals surface area contributed by atoms with Crippen LogP contribution < -0.4 is 15.0 Å². The lowest BCUT2D eigenvalue weighted by Gasteiger charge is -2.28. The number of carbonyl (C=O) groups is 2. The number of fused-ring (bicyclic) bond motifs is 1. The number of likely N-dealkylation sites (N-methyl/N-ethyl adjacent to an activating group) is 1. The van der Waals surface area contributed by atoms with Crippen molar-refractivity contribution in [2.75, 3.05) is 23.4 Å². The number of ether oxygens (including phenoxy) is 1. The number of anilines is 2. The summed E-state index contributed by atoms with van der Waals surface area (Å²) in [6.45, 7) is 2.43. The Morgan fingerprint density at radius 3 is 2.71 bits per heavy atom. The van der Waals surface area contributed by atoms with Crippen LogP contribution in [0, 0.1) is 0 Å². The molecule has 0 spiro atoms. The highest BCUT2D eigenvalue weighted by molar-refractivity contribution is 6.42. The van der Waals surface area contributed by atoms with Crippen LogP contribution in [0.25, 0.3) is 0 Å². The van der Waals surface area contributed by atoms with Gasteiger partial charge in [0.2, 0.25) is 0 Å². The summed E-state index contributed by atoms with van der Waals surface area (Å²) in [5, 5.41) is 3.48. The second kappa shape index (κ2) is 6.71. The van der Waals surface area contributed by atoms with Gasteiger partial charge in [-0.1, -0.05) is 23.2 Å². The van der Waals surface area contributed by atoms with Crippen molar-refractivity contribution in [1.82, 2.24) is 0 Å². The standard InChI is InChI=1S/C17H14Cl2N2O3/c1-2-21-14-8-11(4-6-15(14)24-9-16(21)22)20-17(23)10-3-5-12(18)13(19)7-10/h3-8H,2,9H2,1H3,(H,20,23). The molecule has 0 fully saturated rings. The molecule has 0 atom stereocenters. The average Bonchev–Trinajstić information content (AvgIpc) is 2.57. The van der Waals surface area contributed by atoms with E-state index in [2.05, 4.69) is 5.32 Å². The minimum absolute atomic E-state index is 0.0236. The van der Waals surface area contributed by atoms with Crippen molar-refractivity contribution in [2.24, 2.45) is 0 Å². The third kappa shape index (κ3) is 3.18. The van der Waals surface area contributed by atoms with Crippen molar-refractivity contribution in [2.45, 2.75) is 6.92 Å². The van der Waals surface area contributed by atoms with Crippen LogP contribution in [0.4, 0.5) is 11.4 Å². The van der Waals surface area contributed by atoms with E-state index in [1.807, 2.05) is 6.92 Å². The Kier molecular flexibility index (Phi) is 4.64. The van der Waals surface area contributed by atoms with Gasteiger partial charge in [0.1, 0.15) is 5.75 Å². The van der Waals surface area contributed by atoms with Crippen LogP contribution in [-0.2, 0) is 4.79 Å². The Bertz CT molecular complexity index is 823. The van der Waals surface area contributed by atoms with Gasteiger partial charge in [-0.25, -0.2) is 0 Å². The summed E-state index contributed by atoms with van der Waals surface area (Å²) >= 11 is 11.8. The maximum atomic E-state index is 12.3. The number of hydrogen-bond acceptors (Lipinski definition) is 3. The number of hydrogen-bond donors (Lipinski definition) is 1. The van der Waals surface area contributed by atoms with Gasteiger partial charge < -0.3 is 15.0 Å². The maximum absolute atomic E-state index is 12.3. The highest BCUT2D eigenvalue weighted by Gasteiger charge is 2.24. The highest BCUT2D eigenvalue weighted by atomic mass is 35.5. The molecular formula is C17H14Cl2N2O3. The molecule has 0 unspecified atom stereocenters. The fraction of sp³-hybridized carbons (Fsp3) is 0.176. The highest BCUT2D eigenvalue weighted by Crippen LogP contribution is 2.34. The first-order valence-electron chi connectivity index (χ1n) is 7.33. The van der Waals surface area contributed by atoms with E-state index in [9.17, 15) is 9.59 Å². The molecule has 1 aliphatic rings. The van der Waals surface area contributed by atoms with Crippen molar-refractivity contribution in [3.8, 4) is 5.75 Å². The number of rotatable bonds is 3. The molecule has 0 saturated carbocycles. The molecule has 2 aromatic carbocycles. The molecule has 24 heavy (non-hydrogen) atoms. The fourth-order valence-electron chi connectivity index (χ4n) is 2.47. The Morgan fingerprint density at radius 2 is 2.00 bits per heavy atom. The van der Waals surface area contributed by atoms with E-state index in [-0.39, 0.29) is 18.4 Å². The van der Waals surface area contributed by atoms with Crippen LogP contribution in [0.2, 0.25) is 10.0 Å². The Balaban J connectivity index is 1.85. The number of nitrogens with one attached hydrogen (secondary N) is 1. The molecule has 3 rings (SSSR count). The first-order chi connectivity index (χ1) is 11.5. The van der Waals surface area contributed by atoms with Crippen LogP contribution in [0.15, 0.2) is 36.4 Å². The van der Waals surface area contributed by atoms with Gasteiger partial charge in [0, 0.05) is 17.8 Å². The third-order valence-corrected chi connectivity index (χ3v) is 4.40. The maximum Gasteiger partial charge on any atom is 0.265 e. The fourth-order valence-corrected chi connectivity index (χ4v) is 2.77. The van der Waals surface area contributed by atoms with Crippen LogP contribution in [0.5, 0.6) is 5.75 Å². The molecule has 1 aliphatic heterocycles. The molecule has 1 heterocycles. The van der Waals surface area contributed by atoms with Crippen molar-refractivity contribution < 1.29 is 14.3 Å². The Hall–Kier alpha value is -2.24. The molecule has 124 valence electrons. The number of nitrogens with zero attached hydrogens (tertiary/aromatic N) is 1. The smallest absolute Gasteiger partial charge is 0.265 e. The zero-order valence-electron chi connectivity index (χ0n) is 12.8. The van der Waals surface area contributed by atoms with Crippen LogP contribution in [0.3, 0.4) is 0 Å². The van der Waals surface area contributed by atoms with E-state index in [1.165, 1.54) is 6.07 Å². The number of benzene rings is 2. The Labute approximate surface area is 149 Å². The second-order valence-corrected chi connectivity index (χ2v) is 6.01. The molecule has 0 saturated heterocycles. The quantitative estimate of drug-likeness (QED) is 0.895. The first kappa shape index (κ1) is 16.6. The predicted molar refractivity (Wildman–Crippen MR) is 94.4 cm³/mol. The van der Waals surface area contributed by atoms with E-state index in [0.29, 0.717) is 39.3 Å². The molecule has 0 bridgehead atoms. The van der Waals surface area contributed by atoms with Gasteiger partial charge in [-0.15, -0.1) is 0 Å². The lowest BCUT2D eigenvalue weighted by atomic mass is 10.2. The predicted octanol–water partition coefficient (Wildman–Crippen LogP) is 3.99. The van der Waals surface area contributed by atoms with E-state index < -0.39 is 0 Å². The molecule has 0 aliphatic carbocycles. The second-order valence-electron chi connectivity index (χ2n) is 5.19. The third-order valence-electron chi connectivity index (χ3n) is 3.66. The van der Waals surface area contributed by atoms with E-state index in [0.717, 1.165) is 0 Å². The topological polar surface area (TPSA) is 58.6 Å². The van der Waals surface area contributed by atoms with Crippen LogP contribution in [-0.4, -0.2) is 25.0 Å². The van der Waals surface area contributed by atoms with E-state index in [4.69, 9.17) is 27.9 Å². The zero-order valence-corrected chi connectivity index (χ0v) is 14.3. The number of carbonyl (C=O) groups excluding carboxylic acids is 2. The van der Waals surface area contributed by atoms with Crippen molar-refractivity contribution >= 4 is 46.4 Å². The summed E-state index contributed by atoms with van der Waals surface area (Å²) in [6, 6.07) is 9.82. The normalized spacial score (nSPS) is 13.3. The largest absolute Gasteiger partial charge is 0.482 e. The SMILES string of the molecule is CCN1C(=O)COc2ccc(NC(=O)c3ccc(Cl)c(Cl)c3)cc21. The van der Waals surface area contributed by atoms with Crippen molar-refractivity contribution in [1.29, 1.82) is 0 Å². The van der Waals surface area contributed by atoms with E-state index >= 15 is 0 Å². The zero-order chi connectivity index (χ0) is 17.3. The molecule has 5 nitrogen and oxygen atoms in total. The molecule has 0 radical (unpaired) electrons. The van der Waals surface area contributed by atoms with Gasteiger partial charge >= 0.3 is 0 Å². The summed E-state index contributed by atoms with van der Waals surface area (Å²) in [5.74, 6) is 0.182. The van der Waals surface area contributed by atoms with Gasteiger partial charge in [-0.05, 0) is 43.3 Å². The van der Waals surface area contributed by atoms with Gasteiger partial charge in [-0.2, -0.15) is 0 Å². The molecule has 0 aromatic heterocycles. The first-order valence-corrected chi connectivity index (χ1v) is 8.09. The summed E-state index contributed by atoms with van der Waals surface area (Å²) < 4.78 is 5.41. The summed E-state index contributed by atoms with van der Waals surface area (Å²) in [5.41, 5.74) is 1.59. The lowest BCUT2D eigenvalue weighted by Crippen LogP contribution is -2.38.